The summed E-state index contributed by atoms with van der Waals surface area (Å²) >= 11 is 0. The van der Waals surface area contributed by atoms with Crippen LogP contribution < -0.4 is 5.32 Å². The van der Waals surface area contributed by atoms with E-state index in [1.165, 1.54) is 4.90 Å². The summed E-state index contributed by atoms with van der Waals surface area (Å²) < 4.78 is 0. The molecule has 0 aliphatic carbocycles. The SMILES string of the molecule is CCCCCC(C)(C)CN1C(=O)NC(=O)C(C)(C)C1=O. The Bertz CT molecular complexity index is 413. The Labute approximate surface area is 121 Å². The largest absolute Gasteiger partial charge is 0.330 e. The van der Waals surface area contributed by atoms with Crippen LogP contribution in [0.2, 0.25) is 0 Å². The normalized spacial score (nSPS) is 19.2. The van der Waals surface area contributed by atoms with Crippen molar-refractivity contribution in [2.45, 2.75) is 60.3 Å². The van der Waals surface area contributed by atoms with Crippen LogP contribution in [0.5, 0.6) is 0 Å². The van der Waals surface area contributed by atoms with Gasteiger partial charge in [0.2, 0.25) is 11.8 Å². The van der Waals surface area contributed by atoms with Crippen molar-refractivity contribution in [3.8, 4) is 0 Å². The van der Waals surface area contributed by atoms with Crippen molar-refractivity contribution in [1.82, 2.24) is 10.2 Å². The molecule has 114 valence electrons. The number of amides is 4. The minimum atomic E-state index is -1.17. The van der Waals surface area contributed by atoms with Crippen LogP contribution in [0.4, 0.5) is 4.79 Å². The van der Waals surface area contributed by atoms with Gasteiger partial charge in [0, 0.05) is 6.54 Å². The van der Waals surface area contributed by atoms with E-state index in [-0.39, 0.29) is 5.41 Å². The average molecular weight is 282 g/mol. The lowest BCUT2D eigenvalue weighted by Gasteiger charge is -2.38. The number of hydrogen-bond acceptors (Lipinski definition) is 3. The number of nitrogens with one attached hydrogen (secondary N) is 1. The molecule has 0 atom stereocenters. The second-order valence-electron chi connectivity index (χ2n) is 6.90. The van der Waals surface area contributed by atoms with Gasteiger partial charge in [-0.25, -0.2) is 4.79 Å². The van der Waals surface area contributed by atoms with Crippen LogP contribution in [0, 0.1) is 10.8 Å². The van der Waals surface area contributed by atoms with Gasteiger partial charge in [-0.15, -0.1) is 0 Å². The zero-order chi connectivity index (χ0) is 15.6. The van der Waals surface area contributed by atoms with Crippen LogP contribution >= 0.6 is 0 Å². The van der Waals surface area contributed by atoms with E-state index in [2.05, 4.69) is 12.2 Å². The zero-order valence-corrected chi connectivity index (χ0v) is 13.2. The third-order valence-electron chi connectivity index (χ3n) is 3.86. The molecule has 1 aliphatic heterocycles. The average Bonchev–Trinajstić information content (AvgIpc) is 2.33. The molecular formula is C15H26N2O3. The van der Waals surface area contributed by atoms with E-state index in [9.17, 15) is 14.4 Å². The molecule has 5 nitrogen and oxygen atoms in total. The molecule has 0 radical (unpaired) electrons. The lowest BCUT2D eigenvalue weighted by Crippen LogP contribution is -2.63. The molecule has 0 aromatic carbocycles. The third-order valence-corrected chi connectivity index (χ3v) is 3.86. The number of imide groups is 2. The molecule has 1 fully saturated rings. The molecule has 5 heteroatoms. The van der Waals surface area contributed by atoms with Crippen molar-refractivity contribution >= 4 is 17.8 Å². The standard InChI is InChI=1S/C15H26N2O3/c1-6-7-8-9-14(2,3)10-17-12(19)15(4,5)11(18)16-13(17)20/h6-10H2,1-5H3,(H,16,18,20). The first-order valence-corrected chi connectivity index (χ1v) is 7.29. The summed E-state index contributed by atoms with van der Waals surface area (Å²) in [6.07, 6.45) is 4.32. The lowest BCUT2D eigenvalue weighted by atomic mass is 9.83. The van der Waals surface area contributed by atoms with Crippen LogP contribution in [0.3, 0.4) is 0 Å². The summed E-state index contributed by atoms with van der Waals surface area (Å²) in [4.78, 5) is 37.1. The third kappa shape index (κ3) is 3.58. The minimum absolute atomic E-state index is 0.140. The van der Waals surface area contributed by atoms with Gasteiger partial charge in [0.05, 0.1) is 0 Å². The molecule has 1 rings (SSSR count). The van der Waals surface area contributed by atoms with Crippen LogP contribution in [-0.4, -0.2) is 29.3 Å². The molecule has 0 aromatic rings. The number of nitrogens with zero attached hydrogens (tertiary/aromatic N) is 1. The van der Waals surface area contributed by atoms with E-state index < -0.39 is 23.3 Å². The number of rotatable bonds is 6. The first-order chi connectivity index (χ1) is 9.12. The Morgan fingerprint density at radius 3 is 2.30 bits per heavy atom. The second-order valence-corrected chi connectivity index (χ2v) is 6.90. The quantitative estimate of drug-likeness (QED) is 0.601. The minimum Gasteiger partial charge on any atom is -0.277 e. The van der Waals surface area contributed by atoms with Gasteiger partial charge in [0.25, 0.3) is 0 Å². The van der Waals surface area contributed by atoms with Crippen molar-refractivity contribution in [3.63, 3.8) is 0 Å². The highest BCUT2D eigenvalue weighted by atomic mass is 16.2. The van der Waals surface area contributed by atoms with Crippen LogP contribution in [0.15, 0.2) is 0 Å². The number of unbranched alkanes of at least 4 members (excludes halogenated alkanes) is 2. The molecule has 1 saturated heterocycles. The first kappa shape index (κ1) is 16.7. The molecule has 0 unspecified atom stereocenters. The Kier molecular flexibility index (Phi) is 4.95. The highest BCUT2D eigenvalue weighted by Gasteiger charge is 2.47. The highest BCUT2D eigenvalue weighted by molar-refractivity contribution is 6.18. The monoisotopic (exact) mass is 282 g/mol. The molecule has 1 N–H and O–H groups in total. The van der Waals surface area contributed by atoms with Gasteiger partial charge < -0.3 is 0 Å². The van der Waals surface area contributed by atoms with Crippen LogP contribution in [0.1, 0.15) is 60.3 Å². The second kappa shape index (κ2) is 5.94. The molecule has 4 amide bonds. The van der Waals surface area contributed by atoms with E-state index in [0.29, 0.717) is 6.54 Å². The fraction of sp³-hybridized carbons (Fsp3) is 0.800. The number of carbonyl (C=O) groups is 3. The topological polar surface area (TPSA) is 66.5 Å². The smallest absolute Gasteiger partial charge is 0.277 e. The number of urea groups is 1. The maximum Gasteiger partial charge on any atom is 0.330 e. The summed E-state index contributed by atoms with van der Waals surface area (Å²) in [6, 6.07) is -0.595. The molecule has 20 heavy (non-hydrogen) atoms. The number of hydrogen-bond donors (Lipinski definition) is 1. The zero-order valence-electron chi connectivity index (χ0n) is 13.2. The Morgan fingerprint density at radius 2 is 1.75 bits per heavy atom. The highest BCUT2D eigenvalue weighted by Crippen LogP contribution is 2.29. The Balaban J connectivity index is 2.77. The molecule has 1 aliphatic rings. The molecular weight excluding hydrogens is 256 g/mol. The summed E-state index contributed by atoms with van der Waals surface area (Å²) in [6.45, 7) is 9.68. The van der Waals surface area contributed by atoms with E-state index in [1.54, 1.807) is 13.8 Å². The number of barbiturate groups is 1. The summed E-state index contributed by atoms with van der Waals surface area (Å²) in [7, 11) is 0. The lowest BCUT2D eigenvalue weighted by molar-refractivity contribution is -0.150. The van der Waals surface area contributed by atoms with Crippen molar-refractivity contribution in [3.05, 3.63) is 0 Å². The van der Waals surface area contributed by atoms with E-state index >= 15 is 0 Å². The first-order valence-electron chi connectivity index (χ1n) is 7.29. The fourth-order valence-electron chi connectivity index (χ4n) is 2.35. The van der Waals surface area contributed by atoms with Gasteiger partial charge in [-0.3, -0.25) is 19.8 Å². The van der Waals surface area contributed by atoms with Crippen molar-refractivity contribution in [2.24, 2.45) is 10.8 Å². The Hall–Kier alpha value is -1.39. The predicted molar refractivity (Wildman–Crippen MR) is 77.0 cm³/mol. The van der Waals surface area contributed by atoms with Gasteiger partial charge >= 0.3 is 6.03 Å². The van der Waals surface area contributed by atoms with Crippen LogP contribution in [0.25, 0.3) is 0 Å². The van der Waals surface area contributed by atoms with Gasteiger partial charge in [-0.2, -0.15) is 0 Å². The van der Waals surface area contributed by atoms with Crippen molar-refractivity contribution in [1.29, 1.82) is 0 Å². The molecule has 0 saturated carbocycles. The predicted octanol–water partition coefficient (Wildman–Crippen LogP) is 2.70. The summed E-state index contributed by atoms with van der Waals surface area (Å²) in [5, 5.41) is 2.27. The Morgan fingerprint density at radius 1 is 1.15 bits per heavy atom. The fourth-order valence-corrected chi connectivity index (χ4v) is 2.35. The van der Waals surface area contributed by atoms with Gasteiger partial charge in [-0.1, -0.05) is 40.0 Å². The van der Waals surface area contributed by atoms with E-state index in [0.717, 1.165) is 25.7 Å². The van der Waals surface area contributed by atoms with E-state index in [4.69, 9.17) is 0 Å². The van der Waals surface area contributed by atoms with Crippen molar-refractivity contribution < 1.29 is 14.4 Å². The molecule has 0 spiro atoms. The van der Waals surface area contributed by atoms with E-state index in [1.807, 2.05) is 13.8 Å². The summed E-state index contributed by atoms with van der Waals surface area (Å²) in [5.41, 5.74) is -1.31. The molecule has 1 heterocycles. The van der Waals surface area contributed by atoms with Crippen molar-refractivity contribution in [2.75, 3.05) is 6.54 Å². The van der Waals surface area contributed by atoms with Crippen LogP contribution in [-0.2, 0) is 9.59 Å². The summed E-state index contributed by atoms with van der Waals surface area (Å²) in [5.74, 6) is -0.928. The maximum absolute atomic E-state index is 12.3. The van der Waals surface area contributed by atoms with Gasteiger partial charge in [0.15, 0.2) is 0 Å². The van der Waals surface area contributed by atoms with Gasteiger partial charge in [0.1, 0.15) is 5.41 Å². The maximum atomic E-state index is 12.3. The number of carbonyl (C=O) groups excluding carboxylic acids is 3. The van der Waals surface area contributed by atoms with Gasteiger partial charge in [-0.05, 0) is 25.7 Å². The molecule has 0 aromatic heterocycles. The molecule has 0 bridgehead atoms.